The highest BCUT2D eigenvalue weighted by Gasteiger charge is 2.08. The van der Waals surface area contributed by atoms with E-state index in [0.717, 1.165) is 5.57 Å². The third-order valence-electron chi connectivity index (χ3n) is 2.59. The quantitative estimate of drug-likeness (QED) is 0.644. The van der Waals surface area contributed by atoms with Gasteiger partial charge in [-0.2, -0.15) is 0 Å². The van der Waals surface area contributed by atoms with E-state index in [1.54, 1.807) is 0 Å². The molecule has 1 aliphatic heterocycles. The Morgan fingerprint density at radius 3 is 2.75 bits per heavy atom. The number of carbonyl (C=O) groups is 1. The molecule has 0 saturated heterocycles. The Morgan fingerprint density at radius 2 is 2.15 bits per heavy atom. The molecule has 0 aliphatic carbocycles. The van der Waals surface area contributed by atoms with Crippen LogP contribution in [0.25, 0.3) is 0 Å². The molecule has 1 aliphatic rings. The molecular formula is C13H13N3O4. The summed E-state index contributed by atoms with van der Waals surface area (Å²) >= 11 is 0. The van der Waals surface area contributed by atoms with Crippen molar-refractivity contribution in [3.8, 4) is 5.75 Å². The lowest BCUT2D eigenvalue weighted by Gasteiger charge is -2.11. The summed E-state index contributed by atoms with van der Waals surface area (Å²) in [6.45, 7) is 1.05. The standard InChI is InChI=1S/C13H13N3O4/c17-13(15-9-10-2-1-7-14-8-10)20-12-5-3-11(4-6-12)16(18)19/h1-7,14H,8-9H2,(H,15,17). The number of dihydropyridines is 1. The molecule has 0 spiro atoms. The lowest BCUT2D eigenvalue weighted by Crippen LogP contribution is -2.31. The second kappa shape index (κ2) is 6.37. The third kappa shape index (κ3) is 3.84. The smallest absolute Gasteiger partial charge is 0.410 e. The summed E-state index contributed by atoms with van der Waals surface area (Å²) in [5, 5.41) is 16.1. The number of hydrogen-bond donors (Lipinski definition) is 2. The number of hydrogen-bond acceptors (Lipinski definition) is 5. The van der Waals surface area contributed by atoms with Gasteiger partial charge in [0.15, 0.2) is 0 Å². The van der Waals surface area contributed by atoms with Gasteiger partial charge < -0.3 is 15.4 Å². The molecule has 1 heterocycles. The number of amides is 1. The van der Waals surface area contributed by atoms with Gasteiger partial charge in [-0.1, -0.05) is 6.08 Å². The van der Waals surface area contributed by atoms with Gasteiger partial charge in [0, 0.05) is 25.2 Å². The molecule has 7 heteroatoms. The number of allylic oxidation sites excluding steroid dienone is 2. The van der Waals surface area contributed by atoms with Crippen LogP contribution in [0.1, 0.15) is 0 Å². The Bertz CT molecular complexity index is 563. The van der Waals surface area contributed by atoms with Crippen LogP contribution in [0.2, 0.25) is 0 Å². The van der Waals surface area contributed by atoms with E-state index < -0.39 is 11.0 Å². The van der Waals surface area contributed by atoms with E-state index in [1.165, 1.54) is 24.3 Å². The maximum atomic E-state index is 11.5. The second-order valence-electron chi connectivity index (χ2n) is 4.06. The van der Waals surface area contributed by atoms with E-state index in [9.17, 15) is 14.9 Å². The monoisotopic (exact) mass is 275 g/mol. The highest BCUT2D eigenvalue weighted by Crippen LogP contribution is 2.17. The van der Waals surface area contributed by atoms with Crippen LogP contribution in [0.3, 0.4) is 0 Å². The summed E-state index contributed by atoms with van der Waals surface area (Å²) in [4.78, 5) is 21.5. The molecule has 1 amide bonds. The average Bonchev–Trinajstić information content (AvgIpc) is 2.47. The van der Waals surface area contributed by atoms with Crippen LogP contribution in [0.5, 0.6) is 5.75 Å². The average molecular weight is 275 g/mol. The molecule has 2 N–H and O–H groups in total. The number of ether oxygens (including phenoxy) is 1. The number of rotatable bonds is 4. The maximum Gasteiger partial charge on any atom is 0.412 e. The summed E-state index contributed by atoms with van der Waals surface area (Å²) in [6.07, 6.45) is 4.97. The first-order chi connectivity index (χ1) is 9.65. The molecule has 7 nitrogen and oxygen atoms in total. The minimum absolute atomic E-state index is 0.0528. The van der Waals surface area contributed by atoms with Crippen LogP contribution in [0.4, 0.5) is 10.5 Å². The minimum atomic E-state index is -0.602. The van der Waals surface area contributed by atoms with E-state index in [2.05, 4.69) is 10.6 Å². The molecule has 0 bridgehead atoms. The predicted octanol–water partition coefficient (Wildman–Crippen LogP) is 1.73. The zero-order valence-electron chi connectivity index (χ0n) is 10.5. The molecule has 0 fully saturated rings. The van der Waals surface area contributed by atoms with Crippen LogP contribution in [0.15, 0.2) is 48.2 Å². The van der Waals surface area contributed by atoms with Gasteiger partial charge >= 0.3 is 6.09 Å². The van der Waals surface area contributed by atoms with E-state index in [1.807, 2.05) is 18.4 Å². The Kier molecular flexibility index (Phi) is 4.33. The van der Waals surface area contributed by atoms with Gasteiger partial charge in [0.2, 0.25) is 0 Å². The minimum Gasteiger partial charge on any atom is -0.410 e. The van der Waals surface area contributed by atoms with Crippen molar-refractivity contribution in [2.45, 2.75) is 0 Å². The predicted molar refractivity (Wildman–Crippen MR) is 72.3 cm³/mol. The highest BCUT2D eigenvalue weighted by atomic mass is 16.6. The Balaban J connectivity index is 1.83. The normalized spacial score (nSPS) is 13.1. The Hall–Kier alpha value is -2.83. The van der Waals surface area contributed by atoms with Gasteiger partial charge in [0.25, 0.3) is 5.69 Å². The number of nitrogens with zero attached hydrogens (tertiary/aromatic N) is 1. The lowest BCUT2D eigenvalue weighted by atomic mass is 10.2. The van der Waals surface area contributed by atoms with Crippen LogP contribution in [0, 0.1) is 10.1 Å². The van der Waals surface area contributed by atoms with Crippen LogP contribution in [-0.2, 0) is 0 Å². The molecule has 0 saturated carbocycles. The van der Waals surface area contributed by atoms with E-state index in [-0.39, 0.29) is 11.4 Å². The number of nitro groups is 1. The lowest BCUT2D eigenvalue weighted by molar-refractivity contribution is -0.384. The number of nitrogens with one attached hydrogen (secondary N) is 2. The van der Waals surface area contributed by atoms with Crippen molar-refractivity contribution in [3.63, 3.8) is 0 Å². The van der Waals surface area contributed by atoms with Crippen molar-refractivity contribution in [2.75, 3.05) is 13.1 Å². The molecular weight excluding hydrogens is 262 g/mol. The number of nitro benzene ring substituents is 1. The van der Waals surface area contributed by atoms with Crippen molar-refractivity contribution in [3.05, 3.63) is 58.3 Å². The second-order valence-corrected chi connectivity index (χ2v) is 4.06. The molecule has 0 atom stereocenters. The summed E-state index contributed by atoms with van der Waals surface area (Å²) in [5.41, 5.74) is 0.969. The molecule has 1 aromatic rings. The topological polar surface area (TPSA) is 93.5 Å². The van der Waals surface area contributed by atoms with Gasteiger partial charge in [-0.3, -0.25) is 10.1 Å². The van der Waals surface area contributed by atoms with Crippen molar-refractivity contribution in [1.29, 1.82) is 0 Å². The van der Waals surface area contributed by atoms with Crippen LogP contribution in [-0.4, -0.2) is 24.1 Å². The molecule has 1 aromatic carbocycles. The van der Waals surface area contributed by atoms with E-state index in [4.69, 9.17) is 4.74 Å². The fourth-order valence-electron chi connectivity index (χ4n) is 1.59. The molecule has 0 radical (unpaired) electrons. The molecule has 0 aromatic heterocycles. The zero-order chi connectivity index (χ0) is 14.4. The molecule has 20 heavy (non-hydrogen) atoms. The highest BCUT2D eigenvalue weighted by molar-refractivity contribution is 5.70. The number of benzene rings is 1. The van der Waals surface area contributed by atoms with Crippen molar-refractivity contribution in [1.82, 2.24) is 10.6 Å². The molecule has 104 valence electrons. The van der Waals surface area contributed by atoms with Crippen molar-refractivity contribution >= 4 is 11.8 Å². The van der Waals surface area contributed by atoms with Crippen molar-refractivity contribution < 1.29 is 14.5 Å². The van der Waals surface area contributed by atoms with Crippen LogP contribution < -0.4 is 15.4 Å². The maximum absolute atomic E-state index is 11.5. The Labute approximate surface area is 115 Å². The van der Waals surface area contributed by atoms with Gasteiger partial charge in [-0.15, -0.1) is 0 Å². The van der Waals surface area contributed by atoms with Gasteiger partial charge in [-0.05, 0) is 30.0 Å². The van der Waals surface area contributed by atoms with Gasteiger partial charge in [0.1, 0.15) is 5.75 Å². The fraction of sp³-hybridized carbons (Fsp3) is 0.154. The first-order valence-electron chi connectivity index (χ1n) is 5.93. The van der Waals surface area contributed by atoms with E-state index in [0.29, 0.717) is 13.1 Å². The van der Waals surface area contributed by atoms with Crippen molar-refractivity contribution in [2.24, 2.45) is 0 Å². The van der Waals surface area contributed by atoms with Gasteiger partial charge in [-0.25, -0.2) is 4.79 Å². The van der Waals surface area contributed by atoms with Gasteiger partial charge in [0.05, 0.1) is 4.92 Å². The SMILES string of the molecule is O=C(NCC1=CC=CNC1)Oc1ccc([N+](=O)[O-])cc1. The first-order valence-corrected chi connectivity index (χ1v) is 5.93. The summed E-state index contributed by atoms with van der Waals surface area (Å²) < 4.78 is 5.00. The fourth-order valence-corrected chi connectivity index (χ4v) is 1.59. The molecule has 0 unspecified atom stereocenters. The number of carbonyl (C=O) groups excluding carboxylic acids is 1. The summed E-state index contributed by atoms with van der Waals surface area (Å²) in [7, 11) is 0. The Morgan fingerprint density at radius 1 is 1.40 bits per heavy atom. The number of non-ortho nitro benzene ring substituents is 1. The summed E-state index contributed by atoms with van der Waals surface area (Å²) in [5.74, 6) is 0.253. The third-order valence-corrected chi connectivity index (χ3v) is 2.59. The van der Waals surface area contributed by atoms with E-state index >= 15 is 0 Å². The summed E-state index contributed by atoms with van der Waals surface area (Å²) in [6, 6.07) is 5.31. The molecule has 2 rings (SSSR count). The zero-order valence-corrected chi connectivity index (χ0v) is 10.5. The largest absolute Gasteiger partial charge is 0.412 e. The van der Waals surface area contributed by atoms with Crippen LogP contribution >= 0.6 is 0 Å². The first kappa shape index (κ1) is 13.6.